The van der Waals surface area contributed by atoms with Gasteiger partial charge in [0.15, 0.2) is 0 Å². The van der Waals surface area contributed by atoms with E-state index in [9.17, 15) is 0 Å². The van der Waals surface area contributed by atoms with Crippen LogP contribution in [0.2, 0.25) is 0 Å². The second-order valence-corrected chi connectivity index (χ2v) is 3.98. The molecular weight excluding hydrogens is 208 g/mol. The van der Waals surface area contributed by atoms with E-state index in [0.717, 1.165) is 17.1 Å². The standard InChI is InChI=1S/C16H16O/c1-3-13(2)15-11-7-8-12-16(15)17-14-9-5-4-6-10-14/h3-13H,1H2,2H3/t13-/m1/s1. The summed E-state index contributed by atoms with van der Waals surface area (Å²) in [6.07, 6.45) is 1.92. The number of para-hydroxylation sites is 2. The lowest BCUT2D eigenvalue weighted by Gasteiger charge is -2.13. The molecule has 0 aromatic heterocycles. The zero-order chi connectivity index (χ0) is 12.1. The Kier molecular flexibility index (Phi) is 3.61. The first kappa shape index (κ1) is 11.5. The minimum absolute atomic E-state index is 0.287. The van der Waals surface area contributed by atoms with E-state index in [4.69, 9.17) is 4.74 Å². The molecule has 0 aliphatic carbocycles. The van der Waals surface area contributed by atoms with Gasteiger partial charge >= 0.3 is 0 Å². The Balaban J connectivity index is 2.30. The number of hydrogen-bond acceptors (Lipinski definition) is 1. The van der Waals surface area contributed by atoms with Crippen LogP contribution in [0.25, 0.3) is 0 Å². The fourth-order valence-corrected chi connectivity index (χ4v) is 1.69. The lowest BCUT2D eigenvalue weighted by Crippen LogP contribution is -1.94. The summed E-state index contributed by atoms with van der Waals surface area (Å²) in [6.45, 7) is 5.94. The molecular formula is C16H16O. The number of hydrogen-bond donors (Lipinski definition) is 0. The lowest BCUT2D eigenvalue weighted by atomic mass is 10.0. The first-order valence-corrected chi connectivity index (χ1v) is 5.75. The summed E-state index contributed by atoms with van der Waals surface area (Å²) < 4.78 is 5.88. The van der Waals surface area contributed by atoms with Crippen LogP contribution in [0.3, 0.4) is 0 Å². The zero-order valence-corrected chi connectivity index (χ0v) is 9.97. The number of benzene rings is 2. The van der Waals surface area contributed by atoms with E-state index in [1.807, 2.05) is 54.6 Å². The first-order valence-electron chi connectivity index (χ1n) is 5.75. The fraction of sp³-hybridized carbons (Fsp3) is 0.125. The minimum Gasteiger partial charge on any atom is -0.457 e. The van der Waals surface area contributed by atoms with Gasteiger partial charge < -0.3 is 4.74 Å². The van der Waals surface area contributed by atoms with E-state index in [0.29, 0.717) is 0 Å². The molecule has 0 unspecified atom stereocenters. The van der Waals surface area contributed by atoms with Crippen LogP contribution in [-0.2, 0) is 0 Å². The van der Waals surface area contributed by atoms with Gasteiger partial charge in [0.25, 0.3) is 0 Å². The molecule has 0 aliphatic rings. The van der Waals surface area contributed by atoms with E-state index in [1.54, 1.807) is 0 Å². The largest absolute Gasteiger partial charge is 0.457 e. The molecule has 1 heteroatoms. The molecule has 0 radical (unpaired) electrons. The maximum Gasteiger partial charge on any atom is 0.131 e. The van der Waals surface area contributed by atoms with Crippen LogP contribution in [0.15, 0.2) is 67.3 Å². The molecule has 2 rings (SSSR count). The summed E-state index contributed by atoms with van der Waals surface area (Å²) in [5, 5.41) is 0. The van der Waals surface area contributed by atoms with Crippen LogP contribution in [-0.4, -0.2) is 0 Å². The Morgan fingerprint density at radius 2 is 1.65 bits per heavy atom. The number of ether oxygens (including phenoxy) is 1. The Morgan fingerprint density at radius 1 is 1.00 bits per heavy atom. The molecule has 0 fully saturated rings. The van der Waals surface area contributed by atoms with Crippen LogP contribution in [0.1, 0.15) is 18.4 Å². The van der Waals surface area contributed by atoms with E-state index in [1.165, 1.54) is 0 Å². The van der Waals surface area contributed by atoms with E-state index in [2.05, 4.69) is 19.6 Å². The van der Waals surface area contributed by atoms with E-state index < -0.39 is 0 Å². The van der Waals surface area contributed by atoms with Crippen LogP contribution < -0.4 is 4.74 Å². The van der Waals surface area contributed by atoms with Crippen molar-refractivity contribution in [2.45, 2.75) is 12.8 Å². The summed E-state index contributed by atoms with van der Waals surface area (Å²) in [6, 6.07) is 17.9. The van der Waals surface area contributed by atoms with Gasteiger partial charge in [0.05, 0.1) is 0 Å². The SMILES string of the molecule is C=C[C@@H](C)c1ccccc1Oc1ccccc1. The van der Waals surface area contributed by atoms with Crippen molar-refractivity contribution in [3.63, 3.8) is 0 Å². The maximum absolute atomic E-state index is 5.88. The molecule has 2 aromatic carbocycles. The number of allylic oxidation sites excluding steroid dienone is 1. The molecule has 0 aliphatic heterocycles. The molecule has 86 valence electrons. The quantitative estimate of drug-likeness (QED) is 0.680. The molecule has 0 spiro atoms. The third-order valence-electron chi connectivity index (χ3n) is 2.73. The summed E-state index contributed by atoms with van der Waals surface area (Å²) in [7, 11) is 0. The zero-order valence-electron chi connectivity index (χ0n) is 9.97. The Labute approximate surface area is 102 Å². The summed E-state index contributed by atoms with van der Waals surface area (Å²) >= 11 is 0. The van der Waals surface area contributed by atoms with Crippen LogP contribution in [0.5, 0.6) is 11.5 Å². The predicted octanol–water partition coefficient (Wildman–Crippen LogP) is 4.77. The Morgan fingerprint density at radius 3 is 2.35 bits per heavy atom. The average Bonchev–Trinajstić information content (AvgIpc) is 2.40. The molecule has 0 saturated heterocycles. The summed E-state index contributed by atoms with van der Waals surface area (Å²) in [4.78, 5) is 0. The fourth-order valence-electron chi connectivity index (χ4n) is 1.69. The van der Waals surface area contributed by atoms with Gasteiger partial charge in [-0.15, -0.1) is 6.58 Å². The van der Waals surface area contributed by atoms with Gasteiger partial charge in [-0.05, 0) is 18.2 Å². The van der Waals surface area contributed by atoms with Gasteiger partial charge in [-0.2, -0.15) is 0 Å². The van der Waals surface area contributed by atoms with Crippen molar-refractivity contribution in [3.05, 3.63) is 72.8 Å². The molecule has 0 bridgehead atoms. The molecule has 0 N–H and O–H groups in total. The van der Waals surface area contributed by atoms with Crippen molar-refractivity contribution in [1.82, 2.24) is 0 Å². The van der Waals surface area contributed by atoms with Gasteiger partial charge in [0.2, 0.25) is 0 Å². The highest BCUT2D eigenvalue weighted by Crippen LogP contribution is 2.30. The smallest absolute Gasteiger partial charge is 0.131 e. The monoisotopic (exact) mass is 224 g/mol. The van der Waals surface area contributed by atoms with Gasteiger partial charge in [0.1, 0.15) is 11.5 Å². The van der Waals surface area contributed by atoms with Gasteiger partial charge in [-0.1, -0.05) is 49.4 Å². The molecule has 1 atom stereocenters. The van der Waals surface area contributed by atoms with Crippen LogP contribution in [0.4, 0.5) is 0 Å². The highest BCUT2D eigenvalue weighted by atomic mass is 16.5. The second kappa shape index (κ2) is 5.35. The van der Waals surface area contributed by atoms with Crippen molar-refractivity contribution >= 4 is 0 Å². The van der Waals surface area contributed by atoms with Gasteiger partial charge in [0, 0.05) is 11.5 Å². The Bertz CT molecular complexity index is 488. The number of rotatable bonds is 4. The first-order chi connectivity index (χ1) is 8.31. The second-order valence-electron chi connectivity index (χ2n) is 3.98. The van der Waals surface area contributed by atoms with Gasteiger partial charge in [-0.3, -0.25) is 0 Å². The summed E-state index contributed by atoms with van der Waals surface area (Å²) in [5.74, 6) is 2.04. The van der Waals surface area contributed by atoms with Crippen molar-refractivity contribution < 1.29 is 4.74 Å². The average molecular weight is 224 g/mol. The minimum atomic E-state index is 0.287. The molecule has 1 nitrogen and oxygen atoms in total. The molecule has 0 heterocycles. The van der Waals surface area contributed by atoms with E-state index >= 15 is 0 Å². The van der Waals surface area contributed by atoms with Crippen LogP contribution in [0, 0.1) is 0 Å². The van der Waals surface area contributed by atoms with Gasteiger partial charge in [-0.25, -0.2) is 0 Å². The Hall–Kier alpha value is -2.02. The highest BCUT2D eigenvalue weighted by molar-refractivity contribution is 5.40. The lowest BCUT2D eigenvalue weighted by molar-refractivity contribution is 0.475. The third kappa shape index (κ3) is 2.76. The molecule has 17 heavy (non-hydrogen) atoms. The summed E-state index contributed by atoms with van der Waals surface area (Å²) in [5.41, 5.74) is 1.16. The molecule has 0 saturated carbocycles. The topological polar surface area (TPSA) is 9.23 Å². The molecule has 0 amide bonds. The van der Waals surface area contributed by atoms with E-state index in [-0.39, 0.29) is 5.92 Å². The van der Waals surface area contributed by atoms with Crippen molar-refractivity contribution in [2.24, 2.45) is 0 Å². The van der Waals surface area contributed by atoms with Crippen molar-refractivity contribution in [1.29, 1.82) is 0 Å². The maximum atomic E-state index is 5.88. The third-order valence-corrected chi connectivity index (χ3v) is 2.73. The van der Waals surface area contributed by atoms with Crippen molar-refractivity contribution in [3.8, 4) is 11.5 Å². The normalized spacial score (nSPS) is 11.8. The predicted molar refractivity (Wildman–Crippen MR) is 71.6 cm³/mol. The van der Waals surface area contributed by atoms with Crippen LogP contribution >= 0.6 is 0 Å². The van der Waals surface area contributed by atoms with Crippen molar-refractivity contribution in [2.75, 3.05) is 0 Å². The molecule has 2 aromatic rings. The highest BCUT2D eigenvalue weighted by Gasteiger charge is 2.08.